The number of benzene rings is 1. The van der Waals surface area contributed by atoms with Crippen molar-refractivity contribution in [1.29, 1.82) is 0 Å². The average Bonchev–Trinajstić information content (AvgIpc) is 2.54. The number of ether oxygens (including phenoxy) is 1. The fourth-order valence-corrected chi connectivity index (χ4v) is 2.96. The van der Waals surface area contributed by atoms with Crippen LogP contribution in [0.4, 0.5) is 0 Å². The van der Waals surface area contributed by atoms with E-state index >= 15 is 0 Å². The van der Waals surface area contributed by atoms with Gasteiger partial charge in [-0.1, -0.05) is 23.8 Å². The average molecular weight is 334 g/mol. The summed E-state index contributed by atoms with van der Waals surface area (Å²) in [5, 5.41) is 0. The molecule has 0 saturated heterocycles. The first-order chi connectivity index (χ1) is 10.9. The Morgan fingerprint density at radius 1 is 1.17 bits per heavy atom. The van der Waals surface area contributed by atoms with Crippen molar-refractivity contribution in [1.82, 2.24) is 9.29 Å². The van der Waals surface area contributed by atoms with Crippen molar-refractivity contribution < 1.29 is 17.9 Å². The summed E-state index contributed by atoms with van der Waals surface area (Å²) in [4.78, 5) is 16.0. The monoisotopic (exact) mass is 334 g/mol. The molecule has 7 heteroatoms. The lowest BCUT2D eigenvalue weighted by Crippen LogP contribution is -2.33. The number of aromatic nitrogens is 1. The predicted molar refractivity (Wildman–Crippen MR) is 85.0 cm³/mol. The fraction of sp³-hybridized carbons (Fsp3) is 0.250. The number of aryl methyl sites for hydroxylation is 1. The summed E-state index contributed by atoms with van der Waals surface area (Å²) in [6.45, 7) is 1.52. The Bertz CT molecular complexity index is 758. The molecule has 1 heterocycles. The Hall–Kier alpha value is -2.25. The highest BCUT2D eigenvalue weighted by Gasteiger charge is 2.23. The van der Waals surface area contributed by atoms with Gasteiger partial charge in [-0.2, -0.15) is 4.31 Å². The standard InChI is InChI=1S/C16H18N2O4S/c1-13-6-8-15(9-7-13)23(20,21)18(2)11-16(19)22-12-14-5-3-4-10-17-14/h3-10H,11-12H2,1-2H3. The first-order valence-electron chi connectivity index (χ1n) is 6.98. The zero-order chi connectivity index (χ0) is 16.9. The maximum atomic E-state index is 12.4. The van der Waals surface area contributed by atoms with E-state index in [1.54, 1.807) is 36.5 Å². The summed E-state index contributed by atoms with van der Waals surface area (Å²) >= 11 is 0. The zero-order valence-electron chi connectivity index (χ0n) is 13.0. The van der Waals surface area contributed by atoms with Crippen LogP contribution in [0.1, 0.15) is 11.3 Å². The number of likely N-dealkylation sites (N-methyl/N-ethyl adjacent to an activating group) is 1. The minimum absolute atomic E-state index is 0.0120. The molecule has 122 valence electrons. The second-order valence-corrected chi connectivity index (χ2v) is 7.10. The number of hydrogen-bond donors (Lipinski definition) is 0. The molecular formula is C16H18N2O4S. The topological polar surface area (TPSA) is 76.6 Å². The highest BCUT2D eigenvalue weighted by atomic mass is 32.2. The van der Waals surface area contributed by atoms with Gasteiger partial charge < -0.3 is 4.74 Å². The molecule has 0 saturated carbocycles. The molecule has 23 heavy (non-hydrogen) atoms. The second kappa shape index (κ2) is 7.34. The molecule has 1 aromatic heterocycles. The lowest BCUT2D eigenvalue weighted by molar-refractivity contribution is -0.145. The van der Waals surface area contributed by atoms with Gasteiger partial charge in [0.25, 0.3) is 0 Å². The molecule has 0 bridgehead atoms. The molecule has 6 nitrogen and oxygen atoms in total. The van der Waals surface area contributed by atoms with Crippen LogP contribution in [0.25, 0.3) is 0 Å². The first-order valence-corrected chi connectivity index (χ1v) is 8.42. The third-order valence-electron chi connectivity index (χ3n) is 3.19. The van der Waals surface area contributed by atoms with E-state index in [1.807, 2.05) is 6.92 Å². The molecule has 0 radical (unpaired) electrons. The van der Waals surface area contributed by atoms with Gasteiger partial charge in [-0.05, 0) is 31.2 Å². The summed E-state index contributed by atoms with van der Waals surface area (Å²) in [6.07, 6.45) is 1.59. The van der Waals surface area contributed by atoms with Crippen LogP contribution >= 0.6 is 0 Å². The van der Waals surface area contributed by atoms with E-state index < -0.39 is 16.0 Å². The molecule has 1 aromatic carbocycles. The molecule has 2 rings (SSSR count). The highest BCUT2D eigenvalue weighted by Crippen LogP contribution is 2.14. The van der Waals surface area contributed by atoms with E-state index in [-0.39, 0.29) is 18.0 Å². The van der Waals surface area contributed by atoms with Crippen molar-refractivity contribution in [2.45, 2.75) is 18.4 Å². The van der Waals surface area contributed by atoms with Crippen LogP contribution in [0, 0.1) is 6.92 Å². The first kappa shape index (κ1) is 17.1. The van der Waals surface area contributed by atoms with Crippen molar-refractivity contribution >= 4 is 16.0 Å². The van der Waals surface area contributed by atoms with E-state index in [0.717, 1.165) is 9.87 Å². The molecule has 0 N–H and O–H groups in total. The minimum Gasteiger partial charge on any atom is -0.458 e. The van der Waals surface area contributed by atoms with Crippen LogP contribution < -0.4 is 0 Å². The molecular weight excluding hydrogens is 316 g/mol. The number of pyridine rings is 1. The third-order valence-corrected chi connectivity index (χ3v) is 5.01. The number of sulfonamides is 1. The van der Waals surface area contributed by atoms with Crippen molar-refractivity contribution in [3.8, 4) is 0 Å². The predicted octanol–water partition coefficient (Wildman–Crippen LogP) is 1.75. The van der Waals surface area contributed by atoms with Gasteiger partial charge in [0.05, 0.1) is 10.6 Å². The van der Waals surface area contributed by atoms with Crippen LogP contribution in [0.15, 0.2) is 53.6 Å². The van der Waals surface area contributed by atoms with Crippen LogP contribution in [-0.2, 0) is 26.2 Å². The Kier molecular flexibility index (Phi) is 5.46. The molecule has 0 aliphatic carbocycles. The molecule has 0 amide bonds. The van der Waals surface area contributed by atoms with Gasteiger partial charge in [0.1, 0.15) is 13.2 Å². The second-order valence-electron chi connectivity index (χ2n) is 5.06. The number of rotatable bonds is 6. The van der Waals surface area contributed by atoms with E-state index in [0.29, 0.717) is 5.69 Å². The van der Waals surface area contributed by atoms with E-state index in [9.17, 15) is 13.2 Å². The van der Waals surface area contributed by atoms with Crippen molar-refractivity contribution in [2.24, 2.45) is 0 Å². The summed E-state index contributed by atoms with van der Waals surface area (Å²) in [5.74, 6) is -0.631. The van der Waals surface area contributed by atoms with Gasteiger partial charge in [0, 0.05) is 13.2 Å². The Morgan fingerprint density at radius 3 is 2.48 bits per heavy atom. The number of hydrogen-bond acceptors (Lipinski definition) is 5. The maximum absolute atomic E-state index is 12.4. The Balaban J connectivity index is 1.96. The van der Waals surface area contributed by atoms with E-state index in [2.05, 4.69) is 4.98 Å². The van der Waals surface area contributed by atoms with Gasteiger partial charge in [-0.15, -0.1) is 0 Å². The Labute approximate surface area is 135 Å². The summed E-state index contributed by atoms with van der Waals surface area (Å²) in [6, 6.07) is 11.7. The molecule has 0 fully saturated rings. The van der Waals surface area contributed by atoms with Gasteiger partial charge in [-0.3, -0.25) is 9.78 Å². The number of esters is 1. The molecule has 0 atom stereocenters. The summed E-state index contributed by atoms with van der Waals surface area (Å²) < 4.78 is 30.7. The Morgan fingerprint density at radius 2 is 1.87 bits per heavy atom. The zero-order valence-corrected chi connectivity index (χ0v) is 13.8. The highest BCUT2D eigenvalue weighted by molar-refractivity contribution is 7.89. The molecule has 2 aromatic rings. The van der Waals surface area contributed by atoms with Crippen molar-refractivity contribution in [2.75, 3.05) is 13.6 Å². The smallest absolute Gasteiger partial charge is 0.321 e. The van der Waals surface area contributed by atoms with Gasteiger partial charge >= 0.3 is 5.97 Å². The molecule has 0 aliphatic rings. The van der Waals surface area contributed by atoms with Crippen LogP contribution in [-0.4, -0.2) is 37.3 Å². The van der Waals surface area contributed by atoms with E-state index in [4.69, 9.17) is 4.74 Å². The van der Waals surface area contributed by atoms with Gasteiger partial charge in [-0.25, -0.2) is 8.42 Å². The lowest BCUT2D eigenvalue weighted by Gasteiger charge is -2.16. The quantitative estimate of drug-likeness (QED) is 0.752. The van der Waals surface area contributed by atoms with Crippen LogP contribution in [0.2, 0.25) is 0 Å². The summed E-state index contributed by atoms with van der Waals surface area (Å²) in [7, 11) is -2.37. The number of carbonyl (C=O) groups is 1. The largest absolute Gasteiger partial charge is 0.458 e. The number of nitrogens with zero attached hydrogens (tertiary/aromatic N) is 2. The van der Waals surface area contributed by atoms with Gasteiger partial charge in [0.15, 0.2) is 0 Å². The lowest BCUT2D eigenvalue weighted by atomic mass is 10.2. The fourth-order valence-electron chi connectivity index (χ4n) is 1.84. The van der Waals surface area contributed by atoms with E-state index in [1.165, 1.54) is 19.2 Å². The molecule has 0 unspecified atom stereocenters. The third kappa shape index (κ3) is 4.61. The normalized spacial score (nSPS) is 11.4. The summed E-state index contributed by atoms with van der Waals surface area (Å²) in [5.41, 5.74) is 1.56. The SMILES string of the molecule is Cc1ccc(S(=O)(=O)N(C)CC(=O)OCc2ccccn2)cc1. The van der Waals surface area contributed by atoms with Crippen molar-refractivity contribution in [3.63, 3.8) is 0 Å². The molecule has 0 aliphatic heterocycles. The minimum atomic E-state index is -3.72. The van der Waals surface area contributed by atoms with Crippen molar-refractivity contribution in [3.05, 3.63) is 59.9 Å². The van der Waals surface area contributed by atoms with Crippen LogP contribution in [0.5, 0.6) is 0 Å². The van der Waals surface area contributed by atoms with Crippen LogP contribution in [0.3, 0.4) is 0 Å². The molecule has 0 spiro atoms. The maximum Gasteiger partial charge on any atom is 0.321 e. The van der Waals surface area contributed by atoms with Gasteiger partial charge in [0.2, 0.25) is 10.0 Å². The number of carbonyl (C=O) groups excluding carboxylic acids is 1.